The molecule has 0 bridgehead atoms. The van der Waals surface area contributed by atoms with E-state index in [4.69, 9.17) is 0 Å². The number of alkyl halides is 1. The second-order valence-electron chi connectivity index (χ2n) is 1.07. The lowest BCUT2D eigenvalue weighted by Crippen LogP contribution is -2.19. The molecule has 0 rings (SSSR count). The fourth-order valence-electron chi connectivity index (χ4n) is 0.203. The summed E-state index contributed by atoms with van der Waals surface area (Å²) in [5, 5.41) is 3.00. The van der Waals surface area contributed by atoms with Crippen molar-refractivity contribution in [2.75, 3.05) is 19.0 Å². The number of hydrogen-bond acceptors (Lipinski definition) is 2. The highest BCUT2D eigenvalue weighted by Crippen LogP contribution is 1.81. The molecule has 0 aromatic rings. The summed E-state index contributed by atoms with van der Waals surface area (Å²) in [6.45, 7) is 0.416. The first-order chi connectivity index (χ1) is 3.81. The molecule has 0 fully saturated rings. The molecule has 0 aliphatic heterocycles. The van der Waals surface area contributed by atoms with Crippen LogP contribution in [0.3, 0.4) is 0 Å². The van der Waals surface area contributed by atoms with Gasteiger partial charge >= 0.3 is 6.09 Å². The van der Waals surface area contributed by atoms with Crippen molar-refractivity contribution in [2.24, 2.45) is 0 Å². The van der Waals surface area contributed by atoms with Gasteiger partial charge in [-0.1, -0.05) is 15.9 Å². The van der Waals surface area contributed by atoms with Crippen LogP contribution < -0.4 is 5.32 Å². The van der Waals surface area contributed by atoms with Crippen LogP contribution in [-0.4, -0.2) is 25.1 Å². The average Bonchev–Trinajstić information content (AvgIpc) is 1.83. The summed E-state index contributed by atoms with van der Waals surface area (Å²) < 4.78 is 4.54. The van der Waals surface area contributed by atoms with Gasteiger partial charge in [0.05, 0.1) is 0 Å². The standard InChI is InChI=1S/C4H8BrNO2/c1-6-4(7)8-3-2-5/h2-3H2,1H3,(H,6,7). The van der Waals surface area contributed by atoms with Crippen molar-refractivity contribution in [3.63, 3.8) is 0 Å². The normalized spacial score (nSPS) is 8.25. The Kier molecular flexibility index (Phi) is 4.75. The maximum absolute atomic E-state index is 10.2. The van der Waals surface area contributed by atoms with Crippen LogP contribution in [0.5, 0.6) is 0 Å². The van der Waals surface area contributed by atoms with E-state index < -0.39 is 0 Å². The number of amides is 1. The van der Waals surface area contributed by atoms with Crippen molar-refractivity contribution in [3.05, 3.63) is 0 Å². The monoisotopic (exact) mass is 181 g/mol. The molecule has 0 atom stereocenters. The minimum atomic E-state index is -0.385. The van der Waals surface area contributed by atoms with E-state index in [1.54, 1.807) is 0 Å². The van der Waals surface area contributed by atoms with E-state index in [1.165, 1.54) is 7.05 Å². The van der Waals surface area contributed by atoms with E-state index in [2.05, 4.69) is 26.0 Å². The van der Waals surface area contributed by atoms with Crippen LogP contribution in [0.1, 0.15) is 0 Å². The molecule has 0 saturated heterocycles. The van der Waals surface area contributed by atoms with Gasteiger partial charge < -0.3 is 10.1 Å². The summed E-state index contributed by atoms with van der Waals surface area (Å²) in [4.78, 5) is 10.2. The second-order valence-corrected chi connectivity index (χ2v) is 1.87. The van der Waals surface area contributed by atoms with Crippen molar-refractivity contribution < 1.29 is 9.53 Å². The predicted molar refractivity (Wildman–Crippen MR) is 34.2 cm³/mol. The third kappa shape index (κ3) is 3.92. The zero-order chi connectivity index (χ0) is 6.41. The Balaban J connectivity index is 2.99. The van der Waals surface area contributed by atoms with Crippen LogP contribution in [0, 0.1) is 0 Å². The molecule has 0 aromatic heterocycles. The molecule has 0 spiro atoms. The Labute approximate surface area is 56.5 Å². The number of hydrogen-bond donors (Lipinski definition) is 1. The van der Waals surface area contributed by atoms with Gasteiger partial charge in [0, 0.05) is 12.4 Å². The molecule has 0 unspecified atom stereocenters. The molecule has 0 saturated carbocycles. The van der Waals surface area contributed by atoms with Gasteiger partial charge in [-0.05, 0) is 0 Å². The van der Waals surface area contributed by atoms with Gasteiger partial charge in [-0.2, -0.15) is 0 Å². The van der Waals surface area contributed by atoms with Gasteiger partial charge in [0.15, 0.2) is 0 Å². The van der Waals surface area contributed by atoms with Crippen LogP contribution >= 0.6 is 15.9 Å². The highest BCUT2D eigenvalue weighted by atomic mass is 79.9. The Morgan fingerprint density at radius 1 is 1.88 bits per heavy atom. The molecular formula is C4H8BrNO2. The number of rotatable bonds is 2. The van der Waals surface area contributed by atoms with E-state index >= 15 is 0 Å². The fraction of sp³-hybridized carbons (Fsp3) is 0.750. The number of halogens is 1. The highest BCUT2D eigenvalue weighted by molar-refractivity contribution is 9.09. The Morgan fingerprint density at radius 2 is 2.50 bits per heavy atom. The van der Waals surface area contributed by atoms with Gasteiger partial charge in [0.25, 0.3) is 0 Å². The summed E-state index contributed by atoms with van der Waals surface area (Å²) in [5.41, 5.74) is 0. The maximum Gasteiger partial charge on any atom is 0.406 e. The summed E-state index contributed by atoms with van der Waals surface area (Å²) in [5.74, 6) is 0. The second kappa shape index (κ2) is 4.90. The van der Waals surface area contributed by atoms with E-state index in [9.17, 15) is 4.79 Å². The summed E-state index contributed by atoms with van der Waals surface area (Å²) in [6, 6.07) is 0. The van der Waals surface area contributed by atoms with Gasteiger partial charge in [-0.15, -0.1) is 0 Å². The van der Waals surface area contributed by atoms with Crippen LogP contribution in [0.15, 0.2) is 0 Å². The highest BCUT2D eigenvalue weighted by Gasteiger charge is 1.92. The first-order valence-corrected chi connectivity index (χ1v) is 3.34. The number of nitrogens with one attached hydrogen (secondary N) is 1. The van der Waals surface area contributed by atoms with Gasteiger partial charge in [-0.3, -0.25) is 0 Å². The largest absolute Gasteiger partial charge is 0.449 e. The van der Waals surface area contributed by atoms with Crippen molar-refractivity contribution in [1.29, 1.82) is 0 Å². The number of alkyl carbamates (subject to hydrolysis) is 1. The van der Waals surface area contributed by atoms with Crippen LogP contribution in [0.25, 0.3) is 0 Å². The van der Waals surface area contributed by atoms with E-state index in [0.717, 1.165) is 0 Å². The fourth-order valence-corrected chi connectivity index (χ4v) is 0.365. The topological polar surface area (TPSA) is 38.3 Å². The number of carbonyl (C=O) groups excluding carboxylic acids is 1. The van der Waals surface area contributed by atoms with E-state index in [1.807, 2.05) is 0 Å². The Bertz CT molecular complexity index is 76.4. The van der Waals surface area contributed by atoms with Crippen molar-refractivity contribution >= 4 is 22.0 Å². The Morgan fingerprint density at radius 3 is 2.88 bits per heavy atom. The quantitative estimate of drug-likeness (QED) is 0.639. The molecule has 1 amide bonds. The lowest BCUT2D eigenvalue weighted by molar-refractivity contribution is 0.156. The number of carbonyl (C=O) groups is 1. The smallest absolute Gasteiger partial charge is 0.406 e. The third-order valence-corrected chi connectivity index (χ3v) is 0.838. The molecule has 0 aliphatic rings. The van der Waals surface area contributed by atoms with Gasteiger partial charge in [0.2, 0.25) is 0 Å². The molecule has 0 aliphatic carbocycles. The van der Waals surface area contributed by atoms with Crippen molar-refractivity contribution in [3.8, 4) is 0 Å². The minimum Gasteiger partial charge on any atom is -0.449 e. The molecule has 4 heteroatoms. The molecular weight excluding hydrogens is 174 g/mol. The van der Waals surface area contributed by atoms with E-state index in [-0.39, 0.29) is 6.09 Å². The molecule has 0 heterocycles. The molecule has 0 radical (unpaired) electrons. The minimum absolute atomic E-state index is 0.385. The summed E-state index contributed by atoms with van der Waals surface area (Å²) in [7, 11) is 1.52. The third-order valence-electron chi connectivity index (χ3n) is 0.514. The SMILES string of the molecule is CNC(=O)OCCBr. The Hall–Kier alpha value is -0.250. The average molecular weight is 182 g/mol. The first kappa shape index (κ1) is 7.75. The summed E-state index contributed by atoms with van der Waals surface area (Å²) >= 11 is 3.10. The van der Waals surface area contributed by atoms with Crippen LogP contribution in [-0.2, 0) is 4.74 Å². The van der Waals surface area contributed by atoms with Gasteiger partial charge in [0.1, 0.15) is 6.61 Å². The molecule has 8 heavy (non-hydrogen) atoms. The number of ether oxygens (including phenoxy) is 1. The van der Waals surface area contributed by atoms with Crippen molar-refractivity contribution in [2.45, 2.75) is 0 Å². The van der Waals surface area contributed by atoms with Crippen molar-refractivity contribution in [1.82, 2.24) is 5.32 Å². The predicted octanol–water partition coefficient (Wildman–Crippen LogP) is 0.737. The van der Waals surface area contributed by atoms with Crippen LogP contribution in [0.4, 0.5) is 4.79 Å². The zero-order valence-corrected chi connectivity index (χ0v) is 6.19. The summed E-state index contributed by atoms with van der Waals surface area (Å²) in [6.07, 6.45) is -0.385. The molecule has 0 aromatic carbocycles. The zero-order valence-electron chi connectivity index (χ0n) is 4.61. The lowest BCUT2D eigenvalue weighted by Gasteiger charge is -1.98. The maximum atomic E-state index is 10.2. The molecule has 48 valence electrons. The van der Waals surface area contributed by atoms with E-state index in [0.29, 0.717) is 11.9 Å². The molecule has 1 N–H and O–H groups in total. The van der Waals surface area contributed by atoms with Crippen LogP contribution in [0.2, 0.25) is 0 Å². The molecule has 3 nitrogen and oxygen atoms in total. The lowest BCUT2D eigenvalue weighted by atomic mass is 10.9. The first-order valence-electron chi connectivity index (χ1n) is 2.21. The van der Waals surface area contributed by atoms with Gasteiger partial charge in [-0.25, -0.2) is 4.79 Å².